The van der Waals surface area contributed by atoms with E-state index in [2.05, 4.69) is 11.3 Å². The van der Waals surface area contributed by atoms with Gasteiger partial charge in [0.1, 0.15) is 6.61 Å². The first kappa shape index (κ1) is 17.3. The van der Waals surface area contributed by atoms with E-state index in [0.29, 0.717) is 0 Å². The number of hydrogen-bond donors (Lipinski definition) is 2. The fourth-order valence-corrected chi connectivity index (χ4v) is 0.480. The van der Waals surface area contributed by atoms with Gasteiger partial charge in [-0.3, -0.25) is 4.79 Å². The summed E-state index contributed by atoms with van der Waals surface area (Å²) in [6.45, 7) is 6.17. The quantitative estimate of drug-likeness (QED) is 0.554. The van der Waals surface area contributed by atoms with Gasteiger partial charge in [0.2, 0.25) is 0 Å². The molecule has 0 aromatic carbocycles. The first-order valence-electron chi connectivity index (χ1n) is 4.72. The van der Waals surface area contributed by atoms with E-state index in [-0.39, 0.29) is 6.61 Å². The first-order valence-corrected chi connectivity index (χ1v) is 4.72. The largest absolute Gasteiger partial charge is 0.481 e. The van der Waals surface area contributed by atoms with Gasteiger partial charge >= 0.3 is 17.9 Å². The molecule has 1 unspecified atom stereocenters. The Kier molecular flexibility index (Phi) is 10.6. The monoisotopic (exact) mass is 244 g/mol. The molecule has 2 N–H and O–H groups in total. The van der Waals surface area contributed by atoms with Crippen LogP contribution in [0.3, 0.4) is 0 Å². The summed E-state index contributed by atoms with van der Waals surface area (Å²) in [7, 11) is 0. The van der Waals surface area contributed by atoms with Crippen molar-refractivity contribution in [3.8, 4) is 0 Å². The standard InChI is InChI=1S/C7H10O4.C4H6O2/c1-3-6(8)11-4-5(2)7(9)10;1-2-3-4(5)6/h3,5H,1,4H2,2H3,(H,9,10);2-3H,1H3,(H,5,6). The molecule has 0 saturated carbocycles. The van der Waals surface area contributed by atoms with Crippen LogP contribution >= 0.6 is 0 Å². The number of aliphatic carboxylic acids is 2. The van der Waals surface area contributed by atoms with Gasteiger partial charge in [-0.1, -0.05) is 12.7 Å². The number of carbonyl (C=O) groups excluding carboxylic acids is 1. The average molecular weight is 244 g/mol. The molecule has 0 aromatic rings. The van der Waals surface area contributed by atoms with E-state index in [1.165, 1.54) is 13.0 Å². The Morgan fingerprint density at radius 2 is 1.88 bits per heavy atom. The maximum absolute atomic E-state index is 10.4. The summed E-state index contributed by atoms with van der Waals surface area (Å²) in [6.07, 6.45) is 3.55. The zero-order valence-electron chi connectivity index (χ0n) is 9.75. The van der Waals surface area contributed by atoms with Crippen molar-refractivity contribution in [1.29, 1.82) is 0 Å². The van der Waals surface area contributed by atoms with Gasteiger partial charge in [0, 0.05) is 12.2 Å². The number of carboxylic acid groups (broad SMARTS) is 2. The van der Waals surface area contributed by atoms with Crippen LogP contribution in [0.2, 0.25) is 0 Å². The lowest BCUT2D eigenvalue weighted by atomic mass is 10.2. The number of esters is 1. The van der Waals surface area contributed by atoms with Crippen LogP contribution in [0.4, 0.5) is 0 Å². The van der Waals surface area contributed by atoms with Gasteiger partial charge in [0.25, 0.3) is 0 Å². The van der Waals surface area contributed by atoms with Crippen LogP contribution in [-0.2, 0) is 19.1 Å². The summed E-state index contributed by atoms with van der Waals surface area (Å²) in [5.41, 5.74) is 0. The minimum Gasteiger partial charge on any atom is -0.481 e. The van der Waals surface area contributed by atoms with Crippen molar-refractivity contribution in [2.45, 2.75) is 13.8 Å². The lowest BCUT2D eigenvalue weighted by molar-refractivity contribution is -0.147. The molecule has 0 spiro atoms. The van der Waals surface area contributed by atoms with Crippen molar-refractivity contribution in [3.05, 3.63) is 24.8 Å². The molecule has 0 rings (SSSR count). The molecule has 0 radical (unpaired) electrons. The second-order valence-electron chi connectivity index (χ2n) is 2.91. The molecular weight excluding hydrogens is 228 g/mol. The molecule has 0 amide bonds. The molecule has 0 aliphatic carbocycles. The number of hydrogen-bond acceptors (Lipinski definition) is 4. The number of carbonyl (C=O) groups is 3. The number of rotatable bonds is 5. The predicted octanol–water partition coefficient (Wildman–Crippen LogP) is 1.08. The Labute approximate surface area is 99.2 Å². The number of allylic oxidation sites excluding steroid dienone is 1. The third kappa shape index (κ3) is 13.9. The molecule has 0 aromatic heterocycles. The number of carboxylic acids is 2. The van der Waals surface area contributed by atoms with Crippen molar-refractivity contribution < 1.29 is 29.3 Å². The summed E-state index contributed by atoms with van der Waals surface area (Å²) in [4.78, 5) is 30.1. The van der Waals surface area contributed by atoms with Crippen LogP contribution in [0.25, 0.3) is 0 Å². The van der Waals surface area contributed by atoms with Gasteiger partial charge in [-0.15, -0.1) is 0 Å². The molecule has 1 atom stereocenters. The van der Waals surface area contributed by atoms with E-state index in [4.69, 9.17) is 10.2 Å². The molecule has 6 heteroatoms. The number of ether oxygens (including phenoxy) is 1. The van der Waals surface area contributed by atoms with E-state index >= 15 is 0 Å². The molecule has 0 saturated heterocycles. The molecule has 0 aliphatic heterocycles. The Hall–Kier alpha value is -2.11. The molecule has 6 nitrogen and oxygen atoms in total. The second kappa shape index (κ2) is 10.4. The van der Waals surface area contributed by atoms with Gasteiger partial charge in [-0.2, -0.15) is 0 Å². The predicted molar refractivity (Wildman–Crippen MR) is 60.4 cm³/mol. The zero-order valence-corrected chi connectivity index (χ0v) is 9.75. The van der Waals surface area contributed by atoms with Gasteiger partial charge < -0.3 is 14.9 Å². The zero-order chi connectivity index (χ0) is 13.8. The molecule has 0 fully saturated rings. The van der Waals surface area contributed by atoms with Gasteiger partial charge in [0.15, 0.2) is 0 Å². The molecule has 96 valence electrons. The maximum Gasteiger partial charge on any atom is 0.330 e. The van der Waals surface area contributed by atoms with Crippen molar-refractivity contribution in [1.82, 2.24) is 0 Å². The van der Waals surface area contributed by atoms with E-state index in [0.717, 1.165) is 12.2 Å². The second-order valence-corrected chi connectivity index (χ2v) is 2.91. The highest BCUT2D eigenvalue weighted by molar-refractivity contribution is 5.81. The van der Waals surface area contributed by atoms with Crippen LogP contribution in [0.1, 0.15) is 13.8 Å². The minimum absolute atomic E-state index is 0.111. The summed E-state index contributed by atoms with van der Waals surface area (Å²) < 4.78 is 4.48. The van der Waals surface area contributed by atoms with E-state index in [1.54, 1.807) is 6.92 Å². The topological polar surface area (TPSA) is 101 Å². The van der Waals surface area contributed by atoms with Gasteiger partial charge in [-0.05, 0) is 13.8 Å². The smallest absolute Gasteiger partial charge is 0.330 e. The fraction of sp³-hybridized carbons (Fsp3) is 0.364. The van der Waals surface area contributed by atoms with E-state index < -0.39 is 23.8 Å². The Balaban J connectivity index is 0. The summed E-state index contributed by atoms with van der Waals surface area (Å²) in [5.74, 6) is -3.14. The van der Waals surface area contributed by atoms with Gasteiger partial charge in [-0.25, -0.2) is 9.59 Å². The van der Waals surface area contributed by atoms with Crippen LogP contribution in [0.5, 0.6) is 0 Å². The summed E-state index contributed by atoms with van der Waals surface area (Å²) >= 11 is 0. The van der Waals surface area contributed by atoms with E-state index in [1.807, 2.05) is 0 Å². The molecular formula is C11H16O6. The lowest BCUT2D eigenvalue weighted by Crippen LogP contribution is -2.17. The first-order chi connectivity index (χ1) is 7.84. The maximum atomic E-state index is 10.4. The molecule has 0 bridgehead atoms. The van der Waals surface area contributed by atoms with E-state index in [9.17, 15) is 14.4 Å². The summed E-state index contributed by atoms with van der Waals surface area (Å²) in [5, 5.41) is 16.2. The Bertz CT molecular complexity index is 305. The van der Waals surface area contributed by atoms with Crippen molar-refractivity contribution >= 4 is 17.9 Å². The molecule has 17 heavy (non-hydrogen) atoms. The van der Waals surface area contributed by atoms with Crippen LogP contribution in [0.15, 0.2) is 24.8 Å². The summed E-state index contributed by atoms with van der Waals surface area (Å²) in [6, 6.07) is 0. The lowest BCUT2D eigenvalue weighted by Gasteiger charge is -2.04. The Morgan fingerprint density at radius 1 is 1.35 bits per heavy atom. The molecule has 0 heterocycles. The SMILES string of the molecule is C=CC(=O)OCC(C)C(=O)O.CC=CC(=O)O. The van der Waals surface area contributed by atoms with Crippen LogP contribution in [0, 0.1) is 5.92 Å². The minimum atomic E-state index is -0.984. The van der Waals surface area contributed by atoms with Crippen LogP contribution in [-0.4, -0.2) is 34.7 Å². The Morgan fingerprint density at radius 3 is 2.12 bits per heavy atom. The van der Waals surface area contributed by atoms with Crippen molar-refractivity contribution in [2.24, 2.45) is 5.92 Å². The average Bonchev–Trinajstić information content (AvgIpc) is 2.25. The van der Waals surface area contributed by atoms with Crippen LogP contribution < -0.4 is 0 Å². The van der Waals surface area contributed by atoms with Gasteiger partial charge in [0.05, 0.1) is 5.92 Å². The third-order valence-electron chi connectivity index (χ3n) is 1.37. The highest BCUT2D eigenvalue weighted by Crippen LogP contribution is 1.95. The highest BCUT2D eigenvalue weighted by atomic mass is 16.5. The highest BCUT2D eigenvalue weighted by Gasteiger charge is 2.11. The normalized spacial score (nSPS) is 10.9. The molecule has 0 aliphatic rings. The fourth-order valence-electron chi connectivity index (χ4n) is 0.480. The third-order valence-corrected chi connectivity index (χ3v) is 1.37. The van der Waals surface area contributed by atoms with Crippen molar-refractivity contribution in [2.75, 3.05) is 6.61 Å². The van der Waals surface area contributed by atoms with Crippen molar-refractivity contribution in [3.63, 3.8) is 0 Å².